The molecular formula is C19H27N3O3S. The lowest BCUT2D eigenvalue weighted by Crippen LogP contribution is -2.44. The van der Waals surface area contributed by atoms with Crippen molar-refractivity contribution < 1.29 is 14.3 Å². The van der Waals surface area contributed by atoms with Gasteiger partial charge in [0.05, 0.1) is 19.3 Å². The number of thiazole rings is 1. The number of hydrogen-bond acceptors (Lipinski definition) is 5. The summed E-state index contributed by atoms with van der Waals surface area (Å²) >= 11 is 1.53. The number of nitrogens with one attached hydrogen (secondary N) is 1. The summed E-state index contributed by atoms with van der Waals surface area (Å²) in [6, 6.07) is 7.63. The average Bonchev–Trinajstić information content (AvgIpc) is 3.11. The Morgan fingerprint density at radius 2 is 2.04 bits per heavy atom. The molecule has 1 unspecified atom stereocenters. The molecule has 1 aromatic carbocycles. The van der Waals surface area contributed by atoms with E-state index in [1.54, 1.807) is 7.11 Å². The van der Waals surface area contributed by atoms with Crippen LogP contribution in [0.25, 0.3) is 0 Å². The highest BCUT2D eigenvalue weighted by Gasteiger charge is 2.20. The number of para-hydroxylation sites is 2. The van der Waals surface area contributed by atoms with E-state index < -0.39 is 0 Å². The molecule has 1 aromatic heterocycles. The van der Waals surface area contributed by atoms with Crippen LogP contribution in [0.4, 0.5) is 4.79 Å². The van der Waals surface area contributed by atoms with Crippen molar-refractivity contribution in [3.63, 3.8) is 0 Å². The van der Waals surface area contributed by atoms with Gasteiger partial charge in [-0.15, -0.1) is 11.3 Å². The Balaban J connectivity index is 2.00. The van der Waals surface area contributed by atoms with Crippen LogP contribution in [-0.4, -0.2) is 35.6 Å². The van der Waals surface area contributed by atoms with Gasteiger partial charge in [0.1, 0.15) is 11.6 Å². The summed E-state index contributed by atoms with van der Waals surface area (Å²) in [4.78, 5) is 18.7. The van der Waals surface area contributed by atoms with Gasteiger partial charge in [0.2, 0.25) is 0 Å². The van der Waals surface area contributed by atoms with Crippen LogP contribution in [0.3, 0.4) is 0 Å². The molecule has 7 heteroatoms. The number of benzene rings is 1. The number of nitrogens with zero attached hydrogens (tertiary/aromatic N) is 2. The molecule has 0 radical (unpaired) electrons. The molecule has 0 saturated heterocycles. The van der Waals surface area contributed by atoms with Gasteiger partial charge in [-0.3, -0.25) is 0 Å². The monoisotopic (exact) mass is 377 g/mol. The first-order chi connectivity index (χ1) is 12.6. The fraction of sp³-hybridized carbons (Fsp3) is 0.474. The second-order valence-corrected chi connectivity index (χ2v) is 6.84. The Labute approximate surface area is 159 Å². The maximum absolute atomic E-state index is 12.3. The van der Waals surface area contributed by atoms with Gasteiger partial charge in [-0.2, -0.15) is 0 Å². The van der Waals surface area contributed by atoms with E-state index in [0.717, 1.165) is 17.1 Å². The van der Waals surface area contributed by atoms with Crippen molar-refractivity contribution in [2.75, 3.05) is 13.7 Å². The summed E-state index contributed by atoms with van der Waals surface area (Å²) in [6.45, 7) is 7.52. The van der Waals surface area contributed by atoms with Crippen LogP contribution < -0.4 is 14.8 Å². The van der Waals surface area contributed by atoms with Gasteiger partial charge in [-0.25, -0.2) is 9.78 Å². The van der Waals surface area contributed by atoms with E-state index in [2.05, 4.69) is 17.2 Å². The molecule has 0 spiro atoms. The molecule has 26 heavy (non-hydrogen) atoms. The third-order valence-electron chi connectivity index (χ3n) is 4.06. The highest BCUT2D eigenvalue weighted by molar-refractivity contribution is 7.09. The van der Waals surface area contributed by atoms with Gasteiger partial charge < -0.3 is 19.7 Å². The van der Waals surface area contributed by atoms with Crippen molar-refractivity contribution in [3.8, 4) is 11.5 Å². The van der Waals surface area contributed by atoms with E-state index in [4.69, 9.17) is 9.47 Å². The number of amides is 2. The van der Waals surface area contributed by atoms with E-state index in [1.807, 2.05) is 48.4 Å². The lowest BCUT2D eigenvalue weighted by Gasteiger charge is -2.27. The van der Waals surface area contributed by atoms with Crippen molar-refractivity contribution in [1.29, 1.82) is 0 Å². The summed E-state index contributed by atoms with van der Waals surface area (Å²) in [5.74, 6) is 1.39. The number of urea groups is 1. The molecule has 1 heterocycles. The number of aromatic nitrogens is 1. The Morgan fingerprint density at radius 1 is 1.31 bits per heavy atom. The highest BCUT2D eigenvalue weighted by atomic mass is 32.1. The van der Waals surface area contributed by atoms with Crippen molar-refractivity contribution in [3.05, 3.63) is 40.3 Å². The minimum Gasteiger partial charge on any atom is -0.493 e. The van der Waals surface area contributed by atoms with Crippen molar-refractivity contribution in [1.82, 2.24) is 15.2 Å². The largest absolute Gasteiger partial charge is 0.493 e. The van der Waals surface area contributed by atoms with E-state index in [-0.39, 0.29) is 12.1 Å². The molecule has 0 saturated carbocycles. The summed E-state index contributed by atoms with van der Waals surface area (Å²) < 4.78 is 11.1. The molecule has 2 amide bonds. The molecule has 0 bridgehead atoms. The second kappa shape index (κ2) is 10.0. The van der Waals surface area contributed by atoms with Gasteiger partial charge in [0.15, 0.2) is 11.5 Å². The quantitative estimate of drug-likeness (QED) is 0.716. The highest BCUT2D eigenvalue weighted by Crippen LogP contribution is 2.27. The molecule has 1 N–H and O–H groups in total. The van der Waals surface area contributed by atoms with Crippen LogP contribution in [0.2, 0.25) is 0 Å². The summed E-state index contributed by atoms with van der Waals surface area (Å²) in [7, 11) is 1.62. The first kappa shape index (κ1) is 20.0. The van der Waals surface area contributed by atoms with Crippen LogP contribution in [0, 0.1) is 0 Å². The first-order valence-electron chi connectivity index (χ1n) is 8.82. The van der Waals surface area contributed by atoms with E-state index in [1.165, 1.54) is 11.3 Å². The molecule has 0 aliphatic heterocycles. The number of rotatable bonds is 9. The molecule has 0 aliphatic carbocycles. The molecule has 1 atom stereocenters. The zero-order valence-corrected chi connectivity index (χ0v) is 16.6. The molecule has 0 fully saturated rings. The minimum atomic E-state index is -0.0540. The van der Waals surface area contributed by atoms with Crippen molar-refractivity contribution >= 4 is 17.4 Å². The standard InChI is InChI=1S/C19H27N3O3S/c1-5-14(3)22(19(23)20-6-2)11-15-13-26-18(21-15)12-25-17-10-8-7-9-16(17)24-4/h7-10,13-14H,5-6,11-12H2,1-4H3,(H,20,23). The first-order valence-corrected chi connectivity index (χ1v) is 9.70. The van der Waals surface area contributed by atoms with Gasteiger partial charge in [-0.1, -0.05) is 19.1 Å². The fourth-order valence-electron chi connectivity index (χ4n) is 2.44. The maximum atomic E-state index is 12.3. The van der Waals surface area contributed by atoms with Gasteiger partial charge in [-0.05, 0) is 32.4 Å². The Hall–Kier alpha value is -2.28. The molecule has 142 valence electrons. The Bertz CT molecular complexity index is 705. The minimum absolute atomic E-state index is 0.0540. The van der Waals surface area contributed by atoms with Crippen LogP contribution >= 0.6 is 11.3 Å². The predicted octanol–water partition coefficient (Wildman–Crippen LogP) is 4.06. The van der Waals surface area contributed by atoms with Crippen molar-refractivity contribution in [2.24, 2.45) is 0 Å². The molecular weight excluding hydrogens is 350 g/mol. The normalized spacial score (nSPS) is 11.7. The van der Waals surface area contributed by atoms with Crippen LogP contribution in [0.5, 0.6) is 11.5 Å². The Kier molecular flexibility index (Phi) is 7.72. The molecule has 6 nitrogen and oxygen atoms in total. The molecule has 2 aromatic rings. The third kappa shape index (κ3) is 5.36. The van der Waals surface area contributed by atoms with Gasteiger partial charge >= 0.3 is 6.03 Å². The number of ether oxygens (including phenoxy) is 2. The van der Waals surface area contributed by atoms with Gasteiger partial charge in [0.25, 0.3) is 0 Å². The second-order valence-electron chi connectivity index (χ2n) is 5.89. The van der Waals surface area contributed by atoms with Crippen LogP contribution in [0.1, 0.15) is 37.9 Å². The molecule has 0 aliphatic rings. The predicted molar refractivity (Wildman–Crippen MR) is 104 cm³/mol. The number of hydrogen-bond donors (Lipinski definition) is 1. The molecule has 2 rings (SSSR count). The van der Waals surface area contributed by atoms with Gasteiger partial charge in [0, 0.05) is 18.0 Å². The summed E-state index contributed by atoms with van der Waals surface area (Å²) in [6.07, 6.45) is 0.894. The summed E-state index contributed by atoms with van der Waals surface area (Å²) in [5.41, 5.74) is 0.875. The van der Waals surface area contributed by atoms with Crippen molar-refractivity contribution in [2.45, 2.75) is 46.4 Å². The zero-order valence-electron chi connectivity index (χ0n) is 15.8. The van der Waals surface area contributed by atoms with Crippen LogP contribution in [0.15, 0.2) is 29.6 Å². The SMILES string of the molecule is CCNC(=O)N(Cc1csc(COc2ccccc2OC)n1)C(C)CC. The lowest BCUT2D eigenvalue weighted by molar-refractivity contribution is 0.173. The smallest absolute Gasteiger partial charge is 0.317 e. The number of carbonyl (C=O) groups is 1. The lowest BCUT2D eigenvalue weighted by atomic mass is 10.2. The van der Waals surface area contributed by atoms with E-state index in [0.29, 0.717) is 31.2 Å². The topological polar surface area (TPSA) is 63.7 Å². The fourth-order valence-corrected chi connectivity index (χ4v) is 3.14. The van der Waals surface area contributed by atoms with E-state index >= 15 is 0 Å². The number of carbonyl (C=O) groups excluding carboxylic acids is 1. The maximum Gasteiger partial charge on any atom is 0.317 e. The third-order valence-corrected chi connectivity index (χ3v) is 4.93. The van der Waals surface area contributed by atoms with Crippen LogP contribution in [-0.2, 0) is 13.2 Å². The van der Waals surface area contributed by atoms with E-state index in [9.17, 15) is 4.79 Å². The number of methoxy groups -OCH3 is 1. The summed E-state index contributed by atoms with van der Waals surface area (Å²) in [5, 5.41) is 5.72. The Morgan fingerprint density at radius 3 is 2.69 bits per heavy atom. The zero-order chi connectivity index (χ0) is 18.9. The average molecular weight is 378 g/mol.